The highest BCUT2D eigenvalue weighted by molar-refractivity contribution is 5.89. The van der Waals surface area contributed by atoms with Crippen LogP contribution in [0.5, 0.6) is 0 Å². The number of benzene rings is 1. The summed E-state index contributed by atoms with van der Waals surface area (Å²) in [6, 6.07) is 7.76. The van der Waals surface area contributed by atoms with Crippen molar-refractivity contribution in [2.75, 3.05) is 6.61 Å². The molecular weight excluding hydrogens is 638 g/mol. The smallest absolute Gasteiger partial charge is 0.338 e. The van der Waals surface area contributed by atoms with E-state index in [1.165, 1.54) is 115 Å². The minimum atomic E-state index is -0.974. The van der Waals surface area contributed by atoms with E-state index in [0.717, 1.165) is 38.5 Å². The zero-order valence-electron chi connectivity index (χ0n) is 32.8. The van der Waals surface area contributed by atoms with Crippen molar-refractivity contribution < 1.29 is 29.0 Å². The number of hydrogen-bond acceptors (Lipinski definition) is 6. The molecule has 1 rings (SSSR count). The zero-order valence-corrected chi connectivity index (χ0v) is 32.8. The molecule has 0 spiro atoms. The number of ether oxygens (including phenoxy) is 2. The molecule has 0 aromatic heterocycles. The minimum Gasteiger partial charge on any atom is -0.452 e. The van der Waals surface area contributed by atoms with Crippen LogP contribution in [0, 0.1) is 0 Å². The van der Waals surface area contributed by atoms with Gasteiger partial charge in [0.25, 0.3) is 5.91 Å². The second-order valence-electron chi connectivity index (χ2n) is 14.2. The third-order valence-electron chi connectivity index (χ3n) is 9.42. The van der Waals surface area contributed by atoms with Crippen molar-refractivity contribution in [1.82, 2.24) is 5.32 Å². The van der Waals surface area contributed by atoms with Crippen molar-refractivity contribution in [3.8, 4) is 0 Å². The summed E-state index contributed by atoms with van der Waals surface area (Å²) in [6.45, 7) is 7.51. The number of rotatable bonds is 32. The van der Waals surface area contributed by atoms with E-state index in [0.29, 0.717) is 12.0 Å². The van der Waals surface area contributed by atoms with Crippen molar-refractivity contribution in [3.63, 3.8) is 0 Å². The SMILES string of the molecule is CCCCCCCCCCCCCC[C@@H](OC(C)=O)C(=O)NC(CO)C(/C=C/CC/C=C(\C)CCCCCCCCC)OC(=O)c1ccccc1. The molecule has 290 valence electrons. The number of carbonyl (C=O) groups excluding carboxylic acids is 3. The maximum atomic E-state index is 13.4. The van der Waals surface area contributed by atoms with E-state index >= 15 is 0 Å². The van der Waals surface area contributed by atoms with Crippen LogP contribution in [0.1, 0.15) is 186 Å². The topological polar surface area (TPSA) is 102 Å². The molecule has 0 saturated carbocycles. The lowest BCUT2D eigenvalue weighted by Crippen LogP contribution is -2.50. The molecular formula is C44H73NO6. The van der Waals surface area contributed by atoms with Crippen LogP contribution >= 0.6 is 0 Å². The number of aliphatic hydroxyl groups is 1. The Hall–Kier alpha value is -2.93. The Morgan fingerprint density at radius 3 is 1.76 bits per heavy atom. The van der Waals surface area contributed by atoms with Crippen LogP contribution in [0.2, 0.25) is 0 Å². The summed E-state index contributed by atoms with van der Waals surface area (Å²) in [5.74, 6) is -1.57. The summed E-state index contributed by atoms with van der Waals surface area (Å²) >= 11 is 0. The molecule has 0 heterocycles. The third kappa shape index (κ3) is 24.8. The molecule has 2 unspecified atom stereocenters. The average Bonchev–Trinajstić information content (AvgIpc) is 3.12. The number of hydrogen-bond donors (Lipinski definition) is 2. The first kappa shape index (κ1) is 46.1. The van der Waals surface area contributed by atoms with Crippen molar-refractivity contribution in [2.24, 2.45) is 0 Å². The highest BCUT2D eigenvalue weighted by Gasteiger charge is 2.29. The molecule has 0 aliphatic carbocycles. The van der Waals surface area contributed by atoms with Crippen molar-refractivity contribution in [1.29, 1.82) is 0 Å². The Bertz CT molecular complexity index is 1080. The fourth-order valence-corrected chi connectivity index (χ4v) is 6.26. The molecule has 0 aliphatic heterocycles. The van der Waals surface area contributed by atoms with E-state index in [-0.39, 0.29) is 0 Å². The van der Waals surface area contributed by atoms with E-state index in [1.54, 1.807) is 30.3 Å². The van der Waals surface area contributed by atoms with Gasteiger partial charge >= 0.3 is 11.9 Å². The molecule has 0 aliphatic rings. The molecule has 1 aromatic rings. The van der Waals surface area contributed by atoms with Crippen molar-refractivity contribution >= 4 is 17.8 Å². The molecule has 2 N–H and O–H groups in total. The van der Waals surface area contributed by atoms with E-state index < -0.39 is 42.7 Å². The van der Waals surface area contributed by atoms with Crippen LogP contribution in [0.25, 0.3) is 0 Å². The molecule has 7 nitrogen and oxygen atoms in total. The quantitative estimate of drug-likeness (QED) is 0.0438. The highest BCUT2D eigenvalue weighted by atomic mass is 16.6. The van der Waals surface area contributed by atoms with Crippen LogP contribution in [0.3, 0.4) is 0 Å². The number of allylic oxidation sites excluding steroid dienone is 3. The van der Waals surface area contributed by atoms with Gasteiger partial charge in [-0.1, -0.05) is 159 Å². The number of amides is 1. The van der Waals surface area contributed by atoms with E-state index in [4.69, 9.17) is 9.47 Å². The summed E-state index contributed by atoms with van der Waals surface area (Å²) in [6.07, 6.45) is 30.6. The van der Waals surface area contributed by atoms with Crippen LogP contribution in [0.4, 0.5) is 0 Å². The monoisotopic (exact) mass is 712 g/mol. The molecule has 3 atom stereocenters. The summed E-state index contributed by atoms with van der Waals surface area (Å²) in [4.78, 5) is 38.3. The normalized spacial score (nSPS) is 13.5. The van der Waals surface area contributed by atoms with Gasteiger partial charge in [0.1, 0.15) is 6.10 Å². The van der Waals surface area contributed by atoms with Crippen LogP contribution < -0.4 is 5.32 Å². The lowest BCUT2D eigenvalue weighted by atomic mass is 10.0. The van der Waals surface area contributed by atoms with Crippen molar-refractivity contribution in [2.45, 2.75) is 194 Å². The molecule has 0 radical (unpaired) electrons. The van der Waals surface area contributed by atoms with E-state index in [2.05, 4.69) is 32.2 Å². The maximum absolute atomic E-state index is 13.4. The van der Waals surface area contributed by atoms with Crippen LogP contribution in [-0.4, -0.2) is 47.8 Å². The van der Waals surface area contributed by atoms with Crippen molar-refractivity contribution in [3.05, 3.63) is 59.7 Å². The Balaban J connectivity index is 2.71. The predicted molar refractivity (Wildman–Crippen MR) is 211 cm³/mol. The maximum Gasteiger partial charge on any atom is 0.338 e. The third-order valence-corrected chi connectivity index (χ3v) is 9.42. The first-order valence-corrected chi connectivity index (χ1v) is 20.5. The van der Waals surface area contributed by atoms with Gasteiger partial charge in [0.2, 0.25) is 0 Å². The first-order chi connectivity index (χ1) is 24.8. The lowest BCUT2D eigenvalue weighted by Gasteiger charge is -2.26. The second kappa shape index (κ2) is 31.8. The molecule has 0 bridgehead atoms. The van der Waals surface area contributed by atoms with Gasteiger partial charge in [-0.15, -0.1) is 0 Å². The van der Waals surface area contributed by atoms with Crippen LogP contribution in [0.15, 0.2) is 54.1 Å². The van der Waals surface area contributed by atoms with E-state index in [9.17, 15) is 19.5 Å². The fraction of sp³-hybridized carbons (Fsp3) is 0.705. The number of carbonyl (C=O) groups is 3. The summed E-state index contributed by atoms with van der Waals surface area (Å²) in [5.41, 5.74) is 1.77. The van der Waals surface area contributed by atoms with E-state index in [1.807, 2.05) is 12.1 Å². The van der Waals surface area contributed by atoms with Gasteiger partial charge in [-0.25, -0.2) is 4.79 Å². The Morgan fingerprint density at radius 2 is 1.24 bits per heavy atom. The lowest BCUT2D eigenvalue weighted by molar-refractivity contribution is -0.155. The number of esters is 2. The molecule has 7 heteroatoms. The number of nitrogens with one attached hydrogen (secondary N) is 1. The Kier molecular flexibility index (Phi) is 28.7. The fourth-order valence-electron chi connectivity index (χ4n) is 6.26. The summed E-state index contributed by atoms with van der Waals surface area (Å²) in [7, 11) is 0. The molecule has 1 aromatic carbocycles. The van der Waals surface area contributed by atoms with Gasteiger partial charge in [0.05, 0.1) is 18.2 Å². The minimum absolute atomic E-state index is 0.382. The zero-order chi connectivity index (χ0) is 37.4. The largest absolute Gasteiger partial charge is 0.452 e. The predicted octanol–water partition coefficient (Wildman–Crippen LogP) is 11.1. The van der Waals surface area contributed by atoms with Gasteiger partial charge in [-0.05, 0) is 63.7 Å². The molecule has 0 saturated heterocycles. The van der Waals surface area contributed by atoms with Gasteiger partial charge in [0.15, 0.2) is 6.10 Å². The highest BCUT2D eigenvalue weighted by Crippen LogP contribution is 2.17. The Labute approximate surface area is 311 Å². The summed E-state index contributed by atoms with van der Waals surface area (Å²) < 4.78 is 11.2. The van der Waals surface area contributed by atoms with Gasteiger partial charge in [0, 0.05) is 6.92 Å². The number of aliphatic hydroxyl groups excluding tert-OH is 1. The first-order valence-electron chi connectivity index (χ1n) is 20.5. The molecule has 1 amide bonds. The standard InChI is InChI=1S/C44H73NO6/c1-5-7-9-11-13-14-15-16-17-19-21-28-35-42(50-38(4)47)43(48)45-40(36-46)41(51-44(49)39-32-26-23-27-33-39)34-29-22-25-31-37(3)30-24-20-18-12-10-8-6-2/h23,26-27,29,31-34,40-42,46H,5-22,24-25,28,30,35-36H2,1-4H3,(H,45,48)/b34-29+,37-31+/t40?,41?,42-/m1/s1. The van der Waals surface area contributed by atoms with Gasteiger partial charge in [-0.2, -0.15) is 0 Å². The van der Waals surface area contributed by atoms with Gasteiger partial charge < -0.3 is 19.9 Å². The average molecular weight is 712 g/mol. The molecule has 51 heavy (non-hydrogen) atoms. The molecule has 0 fully saturated rings. The number of unbranched alkanes of at least 4 members (excludes halogenated alkanes) is 18. The second-order valence-corrected chi connectivity index (χ2v) is 14.2. The Morgan fingerprint density at radius 1 is 0.706 bits per heavy atom. The van der Waals surface area contributed by atoms with Crippen LogP contribution in [-0.2, 0) is 19.1 Å². The summed E-state index contributed by atoms with van der Waals surface area (Å²) in [5, 5.41) is 13.2. The van der Waals surface area contributed by atoms with Gasteiger partial charge in [-0.3, -0.25) is 9.59 Å².